The summed E-state index contributed by atoms with van der Waals surface area (Å²) in [5.74, 6) is 0. The largest absolute Gasteiger partial charge is 0.397 e. The standard InChI is InChI=1S/C4H10O4.C2H6O/c5-1-3-7-8-4-2-6;1-2-3/h5-6H,1-4H2;3H,2H2,1H3. The van der Waals surface area contributed by atoms with E-state index in [0.29, 0.717) is 0 Å². The molecule has 3 N–H and O–H groups in total. The fourth-order valence-corrected chi connectivity index (χ4v) is 0.192. The number of hydrogen-bond donors (Lipinski definition) is 3. The monoisotopic (exact) mass is 168 g/mol. The van der Waals surface area contributed by atoms with Crippen molar-refractivity contribution in [2.75, 3.05) is 33.0 Å². The van der Waals surface area contributed by atoms with Crippen LogP contribution in [0.2, 0.25) is 0 Å². The lowest BCUT2D eigenvalue weighted by molar-refractivity contribution is -0.300. The van der Waals surface area contributed by atoms with E-state index in [9.17, 15) is 0 Å². The molecule has 11 heavy (non-hydrogen) atoms. The summed E-state index contributed by atoms with van der Waals surface area (Å²) in [4.78, 5) is 8.63. The topological polar surface area (TPSA) is 79.2 Å². The molecule has 0 rings (SSSR count). The van der Waals surface area contributed by atoms with Crippen molar-refractivity contribution >= 4 is 0 Å². The summed E-state index contributed by atoms with van der Waals surface area (Å²) >= 11 is 0. The lowest BCUT2D eigenvalue weighted by Crippen LogP contribution is -2.03. The van der Waals surface area contributed by atoms with Gasteiger partial charge in [-0.3, -0.25) is 0 Å². The number of hydrogen-bond acceptors (Lipinski definition) is 5. The van der Waals surface area contributed by atoms with Gasteiger partial charge in [-0.25, -0.2) is 9.78 Å². The first-order valence-corrected chi connectivity index (χ1v) is 3.40. The quantitative estimate of drug-likeness (QED) is 0.276. The third kappa shape index (κ3) is 25.9. The van der Waals surface area contributed by atoms with Gasteiger partial charge in [-0.1, -0.05) is 0 Å². The summed E-state index contributed by atoms with van der Waals surface area (Å²) in [6.45, 7) is 2.11. The molecule has 0 radical (unpaired) electrons. The predicted octanol–water partition coefficient (Wildman–Crippen LogP) is -1.08. The Morgan fingerprint density at radius 3 is 1.36 bits per heavy atom. The van der Waals surface area contributed by atoms with Crippen molar-refractivity contribution in [3.05, 3.63) is 0 Å². The molecule has 5 nitrogen and oxygen atoms in total. The van der Waals surface area contributed by atoms with Gasteiger partial charge in [-0.2, -0.15) is 0 Å². The fraction of sp³-hybridized carbons (Fsp3) is 1.00. The summed E-state index contributed by atoms with van der Waals surface area (Å²) in [6, 6.07) is 0. The molecular formula is C6H16O5. The van der Waals surface area contributed by atoms with Crippen LogP contribution >= 0.6 is 0 Å². The van der Waals surface area contributed by atoms with Gasteiger partial charge in [-0.05, 0) is 6.92 Å². The Bertz CT molecular complexity index is 44.2. The molecule has 0 aromatic heterocycles. The van der Waals surface area contributed by atoms with Crippen molar-refractivity contribution in [3.8, 4) is 0 Å². The molecule has 0 aromatic carbocycles. The molecule has 0 bridgehead atoms. The molecule has 0 amide bonds. The first kappa shape index (κ1) is 13.4. The fourth-order valence-electron chi connectivity index (χ4n) is 0.192. The number of aliphatic hydroxyl groups excluding tert-OH is 3. The molecule has 0 spiro atoms. The first-order valence-electron chi connectivity index (χ1n) is 3.40. The van der Waals surface area contributed by atoms with Crippen LogP contribution < -0.4 is 0 Å². The lowest BCUT2D eigenvalue weighted by atomic mass is 10.8. The second-order valence-corrected chi connectivity index (χ2v) is 1.41. The maximum atomic E-state index is 8.10. The highest BCUT2D eigenvalue weighted by Gasteiger charge is 1.83. The number of rotatable bonds is 5. The van der Waals surface area contributed by atoms with E-state index in [0.717, 1.165) is 0 Å². The Kier molecular flexibility index (Phi) is 20.0. The molecule has 0 atom stereocenters. The summed E-state index contributed by atoms with van der Waals surface area (Å²) in [7, 11) is 0. The van der Waals surface area contributed by atoms with E-state index in [2.05, 4.69) is 9.78 Å². The molecule has 0 heterocycles. The van der Waals surface area contributed by atoms with Gasteiger partial charge >= 0.3 is 0 Å². The number of aliphatic hydroxyl groups is 3. The minimum absolute atomic E-state index is 0.0641. The van der Waals surface area contributed by atoms with E-state index in [1.807, 2.05) is 0 Å². The van der Waals surface area contributed by atoms with Crippen molar-refractivity contribution in [2.45, 2.75) is 6.92 Å². The van der Waals surface area contributed by atoms with Crippen molar-refractivity contribution in [2.24, 2.45) is 0 Å². The SMILES string of the molecule is CCO.OCCOOCCO. The van der Waals surface area contributed by atoms with Crippen LogP contribution in [0.4, 0.5) is 0 Å². The Morgan fingerprint density at radius 1 is 0.909 bits per heavy atom. The maximum absolute atomic E-state index is 8.10. The van der Waals surface area contributed by atoms with Crippen molar-refractivity contribution < 1.29 is 25.1 Å². The van der Waals surface area contributed by atoms with Crippen molar-refractivity contribution in [3.63, 3.8) is 0 Å². The van der Waals surface area contributed by atoms with E-state index in [-0.39, 0.29) is 33.0 Å². The van der Waals surface area contributed by atoms with Gasteiger partial charge in [0.05, 0.1) is 13.2 Å². The van der Waals surface area contributed by atoms with Gasteiger partial charge in [0, 0.05) is 6.61 Å². The van der Waals surface area contributed by atoms with Crippen LogP contribution in [0, 0.1) is 0 Å². The van der Waals surface area contributed by atoms with Gasteiger partial charge in [-0.15, -0.1) is 0 Å². The van der Waals surface area contributed by atoms with E-state index in [1.54, 1.807) is 6.92 Å². The summed E-state index contributed by atoms with van der Waals surface area (Å²) in [5.41, 5.74) is 0. The van der Waals surface area contributed by atoms with E-state index in [4.69, 9.17) is 15.3 Å². The maximum Gasteiger partial charge on any atom is 0.105 e. The van der Waals surface area contributed by atoms with E-state index >= 15 is 0 Å². The van der Waals surface area contributed by atoms with Crippen LogP contribution in [0.3, 0.4) is 0 Å². The molecule has 0 aliphatic rings. The zero-order valence-corrected chi connectivity index (χ0v) is 6.69. The molecule has 0 saturated carbocycles. The minimum Gasteiger partial charge on any atom is -0.397 e. The Morgan fingerprint density at radius 2 is 1.18 bits per heavy atom. The van der Waals surface area contributed by atoms with Gasteiger partial charge in [0.15, 0.2) is 0 Å². The molecule has 0 aromatic rings. The highest BCUT2D eigenvalue weighted by molar-refractivity contribution is 4.15. The van der Waals surface area contributed by atoms with Crippen LogP contribution in [0.5, 0.6) is 0 Å². The molecule has 5 heteroatoms. The smallest absolute Gasteiger partial charge is 0.105 e. The Labute approximate surface area is 66.1 Å². The van der Waals surface area contributed by atoms with Crippen LogP contribution in [-0.2, 0) is 9.78 Å². The van der Waals surface area contributed by atoms with E-state index < -0.39 is 0 Å². The Hall–Kier alpha value is -0.200. The molecular weight excluding hydrogens is 152 g/mol. The summed E-state index contributed by atoms with van der Waals surface area (Å²) < 4.78 is 0. The van der Waals surface area contributed by atoms with Gasteiger partial charge in [0.25, 0.3) is 0 Å². The molecule has 0 aliphatic carbocycles. The second-order valence-electron chi connectivity index (χ2n) is 1.41. The molecule has 0 saturated heterocycles. The second kappa shape index (κ2) is 16.4. The van der Waals surface area contributed by atoms with Gasteiger partial charge in [0.1, 0.15) is 13.2 Å². The molecule has 0 aliphatic heterocycles. The van der Waals surface area contributed by atoms with E-state index in [1.165, 1.54) is 0 Å². The Balaban J connectivity index is 0. The minimum atomic E-state index is -0.0641. The zero-order valence-electron chi connectivity index (χ0n) is 6.69. The normalized spacial score (nSPS) is 8.73. The van der Waals surface area contributed by atoms with Crippen LogP contribution in [-0.4, -0.2) is 48.4 Å². The molecule has 0 fully saturated rings. The van der Waals surface area contributed by atoms with Crippen molar-refractivity contribution in [1.82, 2.24) is 0 Å². The predicted molar refractivity (Wildman–Crippen MR) is 38.8 cm³/mol. The molecule has 70 valence electrons. The molecule has 0 unspecified atom stereocenters. The van der Waals surface area contributed by atoms with Crippen LogP contribution in [0.15, 0.2) is 0 Å². The first-order chi connectivity index (χ1) is 5.33. The highest BCUT2D eigenvalue weighted by atomic mass is 17.2. The third-order valence-corrected chi connectivity index (χ3v) is 0.433. The summed E-state index contributed by atoms with van der Waals surface area (Å²) in [5, 5.41) is 23.8. The van der Waals surface area contributed by atoms with Crippen molar-refractivity contribution in [1.29, 1.82) is 0 Å². The average Bonchev–Trinajstić information content (AvgIpc) is 2.00. The third-order valence-electron chi connectivity index (χ3n) is 0.433. The highest BCUT2D eigenvalue weighted by Crippen LogP contribution is 1.74. The van der Waals surface area contributed by atoms with Crippen LogP contribution in [0.1, 0.15) is 6.92 Å². The summed E-state index contributed by atoms with van der Waals surface area (Å²) in [6.07, 6.45) is 0. The van der Waals surface area contributed by atoms with Crippen LogP contribution in [0.25, 0.3) is 0 Å². The zero-order chi connectivity index (χ0) is 8.95. The van der Waals surface area contributed by atoms with Gasteiger partial charge < -0.3 is 15.3 Å². The van der Waals surface area contributed by atoms with Gasteiger partial charge in [0.2, 0.25) is 0 Å². The average molecular weight is 168 g/mol. The lowest BCUT2D eigenvalue weighted by Gasteiger charge is -1.97.